The first-order valence-corrected chi connectivity index (χ1v) is 9.11. The van der Waals surface area contributed by atoms with Gasteiger partial charge in [0.1, 0.15) is 11.7 Å². The minimum atomic E-state index is -0.528. The molecule has 0 unspecified atom stereocenters. The van der Waals surface area contributed by atoms with Crippen molar-refractivity contribution in [1.82, 2.24) is 14.9 Å². The summed E-state index contributed by atoms with van der Waals surface area (Å²) in [6.07, 6.45) is 8.75. The average molecular weight is 345 g/mol. The number of hydrogen-bond donors (Lipinski definition) is 0. The molecule has 1 atom stereocenters. The lowest BCUT2D eigenvalue weighted by atomic mass is 9.84. The molecule has 25 heavy (non-hydrogen) atoms. The second-order valence-corrected chi connectivity index (χ2v) is 7.18. The Balaban J connectivity index is 1.36. The summed E-state index contributed by atoms with van der Waals surface area (Å²) in [6, 6.07) is 2.13. The van der Waals surface area contributed by atoms with E-state index in [0.29, 0.717) is 19.1 Å². The number of aromatic nitrogens is 2. The van der Waals surface area contributed by atoms with Gasteiger partial charge in [-0.15, -0.1) is 0 Å². The first-order chi connectivity index (χ1) is 12.2. The Morgan fingerprint density at radius 2 is 1.88 bits per heavy atom. The minimum absolute atomic E-state index is 0.0216. The molecule has 0 N–H and O–H groups in total. The van der Waals surface area contributed by atoms with Crippen LogP contribution in [0.25, 0.3) is 0 Å². The van der Waals surface area contributed by atoms with Crippen molar-refractivity contribution >= 4 is 11.9 Å². The van der Waals surface area contributed by atoms with E-state index in [1.54, 1.807) is 18.5 Å². The summed E-state index contributed by atoms with van der Waals surface area (Å²) in [5, 5.41) is 0. The molecule has 1 saturated carbocycles. The number of carbonyl (C=O) groups excluding carboxylic acids is 2. The van der Waals surface area contributed by atoms with Crippen molar-refractivity contribution in [2.75, 3.05) is 13.1 Å². The maximum atomic E-state index is 13.0. The van der Waals surface area contributed by atoms with E-state index in [4.69, 9.17) is 9.47 Å². The molecule has 1 aromatic heterocycles. The van der Waals surface area contributed by atoms with Crippen molar-refractivity contribution in [2.24, 2.45) is 5.92 Å². The van der Waals surface area contributed by atoms with Gasteiger partial charge in [0.15, 0.2) is 0 Å². The lowest BCUT2D eigenvalue weighted by Crippen LogP contribution is -2.49. The lowest BCUT2D eigenvalue weighted by Gasteiger charge is -2.36. The highest BCUT2D eigenvalue weighted by molar-refractivity contribution is 5.88. The first-order valence-electron chi connectivity index (χ1n) is 9.11. The summed E-state index contributed by atoms with van der Waals surface area (Å²) >= 11 is 0. The van der Waals surface area contributed by atoms with Crippen molar-refractivity contribution in [3.8, 4) is 6.01 Å². The molecule has 1 spiro atoms. The molecule has 7 nitrogen and oxygen atoms in total. The number of likely N-dealkylation sites (tertiary alicyclic amines) is 1. The summed E-state index contributed by atoms with van der Waals surface area (Å²) in [4.78, 5) is 34.9. The molecule has 2 saturated heterocycles. The van der Waals surface area contributed by atoms with Crippen LogP contribution in [0.4, 0.5) is 0 Å². The van der Waals surface area contributed by atoms with E-state index in [9.17, 15) is 9.59 Å². The smallest absolute Gasteiger partial charge is 0.316 e. The number of ether oxygens (including phenoxy) is 2. The van der Waals surface area contributed by atoms with E-state index in [1.807, 2.05) is 4.90 Å². The topological polar surface area (TPSA) is 81.6 Å². The van der Waals surface area contributed by atoms with E-state index in [-0.39, 0.29) is 30.3 Å². The highest BCUT2D eigenvalue weighted by atomic mass is 16.6. The molecule has 1 aromatic rings. The highest BCUT2D eigenvalue weighted by Crippen LogP contribution is 2.46. The van der Waals surface area contributed by atoms with Crippen LogP contribution in [0.15, 0.2) is 18.5 Å². The van der Waals surface area contributed by atoms with Gasteiger partial charge >= 0.3 is 12.0 Å². The van der Waals surface area contributed by atoms with Crippen molar-refractivity contribution < 1.29 is 19.1 Å². The molecule has 1 amide bonds. The number of hydrogen-bond acceptors (Lipinski definition) is 6. The van der Waals surface area contributed by atoms with Crippen LogP contribution in [-0.4, -0.2) is 51.5 Å². The zero-order valence-electron chi connectivity index (χ0n) is 14.2. The van der Waals surface area contributed by atoms with Crippen LogP contribution in [0.5, 0.6) is 6.01 Å². The summed E-state index contributed by atoms with van der Waals surface area (Å²) < 4.78 is 11.4. The van der Waals surface area contributed by atoms with E-state index in [2.05, 4.69) is 9.97 Å². The van der Waals surface area contributed by atoms with E-state index in [0.717, 1.165) is 38.5 Å². The fourth-order valence-electron chi connectivity index (χ4n) is 4.34. The van der Waals surface area contributed by atoms with Crippen LogP contribution in [0, 0.1) is 5.92 Å². The van der Waals surface area contributed by atoms with Crippen LogP contribution >= 0.6 is 0 Å². The molecular weight excluding hydrogens is 322 g/mol. The number of carbonyl (C=O) groups is 2. The Hall–Kier alpha value is -2.18. The third kappa shape index (κ3) is 3.19. The Labute approximate surface area is 146 Å². The number of amides is 1. The molecule has 3 heterocycles. The van der Waals surface area contributed by atoms with Gasteiger partial charge in [-0.25, -0.2) is 9.97 Å². The van der Waals surface area contributed by atoms with Gasteiger partial charge in [-0.1, -0.05) is 0 Å². The van der Waals surface area contributed by atoms with Gasteiger partial charge in [0.2, 0.25) is 5.91 Å². The third-order valence-electron chi connectivity index (χ3n) is 5.64. The molecule has 7 heteroatoms. The number of esters is 1. The van der Waals surface area contributed by atoms with Gasteiger partial charge in [0, 0.05) is 38.3 Å². The zero-order chi connectivity index (χ0) is 17.3. The number of piperidine rings is 1. The summed E-state index contributed by atoms with van der Waals surface area (Å²) in [5.41, 5.74) is -0.528. The van der Waals surface area contributed by atoms with Gasteiger partial charge < -0.3 is 14.4 Å². The molecule has 134 valence electrons. The third-order valence-corrected chi connectivity index (χ3v) is 5.64. The molecule has 4 rings (SSSR count). The Kier molecular flexibility index (Phi) is 4.31. The van der Waals surface area contributed by atoms with Crippen molar-refractivity contribution in [3.05, 3.63) is 18.5 Å². The maximum Gasteiger partial charge on any atom is 0.316 e. The monoisotopic (exact) mass is 345 g/mol. The van der Waals surface area contributed by atoms with Gasteiger partial charge in [-0.2, -0.15) is 0 Å². The lowest BCUT2D eigenvalue weighted by molar-refractivity contribution is -0.152. The fraction of sp³-hybridized carbons (Fsp3) is 0.667. The Morgan fingerprint density at radius 1 is 1.20 bits per heavy atom. The highest BCUT2D eigenvalue weighted by Gasteiger charge is 2.54. The molecule has 0 radical (unpaired) electrons. The van der Waals surface area contributed by atoms with E-state index in [1.165, 1.54) is 0 Å². The SMILES string of the molecule is O=C1C[C@H](C(=O)N2CCC(Oc3ncccn3)CC2)C2(CCCC2)O1. The number of rotatable bonds is 3. The van der Waals surface area contributed by atoms with Crippen LogP contribution < -0.4 is 4.74 Å². The fourth-order valence-corrected chi connectivity index (χ4v) is 4.34. The molecule has 0 bridgehead atoms. The second-order valence-electron chi connectivity index (χ2n) is 7.18. The molecule has 1 aliphatic carbocycles. The quantitative estimate of drug-likeness (QED) is 0.776. The van der Waals surface area contributed by atoms with Gasteiger partial charge in [-0.3, -0.25) is 9.59 Å². The maximum absolute atomic E-state index is 13.0. The zero-order valence-corrected chi connectivity index (χ0v) is 14.2. The van der Waals surface area contributed by atoms with E-state index >= 15 is 0 Å². The van der Waals surface area contributed by atoms with Crippen molar-refractivity contribution in [3.63, 3.8) is 0 Å². The van der Waals surface area contributed by atoms with Crippen LogP contribution in [0.1, 0.15) is 44.9 Å². The summed E-state index contributed by atoms with van der Waals surface area (Å²) in [6.45, 7) is 1.27. The van der Waals surface area contributed by atoms with Crippen LogP contribution in [0.2, 0.25) is 0 Å². The predicted molar refractivity (Wildman–Crippen MR) is 87.7 cm³/mol. The largest absolute Gasteiger partial charge is 0.460 e. The van der Waals surface area contributed by atoms with Gasteiger partial charge in [0.25, 0.3) is 0 Å². The molecule has 3 aliphatic rings. The normalized spacial score (nSPS) is 26.0. The summed E-state index contributed by atoms with van der Waals surface area (Å²) in [7, 11) is 0. The molecule has 3 fully saturated rings. The Bertz CT molecular complexity index is 637. The van der Waals surface area contributed by atoms with Gasteiger partial charge in [0.05, 0.1) is 12.3 Å². The molecule has 0 aromatic carbocycles. The van der Waals surface area contributed by atoms with Crippen molar-refractivity contribution in [1.29, 1.82) is 0 Å². The number of nitrogens with zero attached hydrogens (tertiary/aromatic N) is 3. The first kappa shape index (κ1) is 16.3. The minimum Gasteiger partial charge on any atom is -0.460 e. The summed E-state index contributed by atoms with van der Waals surface area (Å²) in [5.74, 6) is -0.459. The van der Waals surface area contributed by atoms with E-state index < -0.39 is 5.60 Å². The van der Waals surface area contributed by atoms with Crippen LogP contribution in [-0.2, 0) is 14.3 Å². The van der Waals surface area contributed by atoms with Crippen molar-refractivity contribution in [2.45, 2.75) is 56.7 Å². The standard InChI is InChI=1S/C18H23N3O4/c22-15-12-14(18(25-15)6-1-2-7-18)16(23)21-10-4-13(5-11-21)24-17-19-8-3-9-20-17/h3,8-9,13-14H,1-2,4-7,10-12H2/t14-/m1/s1. The van der Waals surface area contributed by atoms with Crippen LogP contribution in [0.3, 0.4) is 0 Å². The molecule has 2 aliphatic heterocycles. The molecular formula is C18H23N3O4. The second kappa shape index (κ2) is 6.61. The Morgan fingerprint density at radius 3 is 2.56 bits per heavy atom. The predicted octanol–water partition coefficient (Wildman–Crippen LogP) is 1.72. The van der Waals surface area contributed by atoms with Gasteiger partial charge in [-0.05, 0) is 31.7 Å². The average Bonchev–Trinajstić information content (AvgIpc) is 3.23.